The average Bonchev–Trinajstić information content (AvgIpc) is 3.11. The molecular formula is C27H26N2O2S. The van der Waals surface area contributed by atoms with Crippen molar-refractivity contribution in [3.8, 4) is 11.6 Å². The molecule has 0 aliphatic heterocycles. The van der Waals surface area contributed by atoms with Crippen LogP contribution in [0.2, 0.25) is 0 Å². The largest absolute Gasteiger partial charge is 0.406 e. The van der Waals surface area contributed by atoms with E-state index in [-0.39, 0.29) is 5.97 Å². The van der Waals surface area contributed by atoms with E-state index >= 15 is 0 Å². The molecule has 0 unspecified atom stereocenters. The van der Waals surface area contributed by atoms with Gasteiger partial charge in [0.1, 0.15) is 0 Å². The van der Waals surface area contributed by atoms with Gasteiger partial charge in [0, 0.05) is 11.3 Å². The summed E-state index contributed by atoms with van der Waals surface area (Å²) in [4.78, 5) is 14.7. The zero-order valence-corrected chi connectivity index (χ0v) is 19.1. The number of ether oxygens (including phenoxy) is 1. The van der Waals surface area contributed by atoms with Crippen LogP contribution in [0.3, 0.4) is 0 Å². The summed E-state index contributed by atoms with van der Waals surface area (Å²) in [6.07, 6.45) is 1.93. The van der Waals surface area contributed by atoms with E-state index in [9.17, 15) is 4.79 Å². The van der Waals surface area contributed by atoms with Gasteiger partial charge in [0.25, 0.3) is 0 Å². The monoisotopic (exact) mass is 442 g/mol. The quantitative estimate of drug-likeness (QED) is 0.290. The molecule has 0 bridgehead atoms. The summed E-state index contributed by atoms with van der Waals surface area (Å²) in [7, 11) is 0. The molecule has 32 heavy (non-hydrogen) atoms. The van der Waals surface area contributed by atoms with Crippen molar-refractivity contribution in [1.29, 1.82) is 0 Å². The molecule has 0 radical (unpaired) electrons. The van der Waals surface area contributed by atoms with Gasteiger partial charge < -0.3 is 4.74 Å². The fraction of sp³-hybridized carbons (Fsp3) is 0.185. The fourth-order valence-electron chi connectivity index (χ4n) is 3.41. The Morgan fingerprint density at radius 2 is 1.56 bits per heavy atom. The van der Waals surface area contributed by atoms with Crippen molar-refractivity contribution in [3.05, 3.63) is 102 Å². The number of para-hydroxylation sites is 1. The summed E-state index contributed by atoms with van der Waals surface area (Å²) in [5.74, 6) is 0.229. The molecule has 0 atom stereocenters. The minimum absolute atomic E-state index is 0.247. The number of nitrogens with zero attached hydrogens (tertiary/aromatic N) is 2. The van der Waals surface area contributed by atoms with Crippen LogP contribution >= 0.6 is 11.8 Å². The molecule has 3 aromatic carbocycles. The van der Waals surface area contributed by atoms with Gasteiger partial charge in [0.2, 0.25) is 5.88 Å². The van der Waals surface area contributed by atoms with E-state index in [0.717, 1.165) is 34.0 Å². The van der Waals surface area contributed by atoms with E-state index in [1.807, 2.05) is 55.5 Å². The van der Waals surface area contributed by atoms with Crippen LogP contribution in [0.5, 0.6) is 5.88 Å². The Morgan fingerprint density at radius 3 is 2.25 bits per heavy atom. The highest BCUT2D eigenvalue weighted by molar-refractivity contribution is 7.99. The van der Waals surface area contributed by atoms with E-state index in [1.165, 1.54) is 11.1 Å². The molecule has 5 heteroatoms. The number of hydrogen-bond acceptors (Lipinski definition) is 4. The second kappa shape index (κ2) is 10.3. The average molecular weight is 443 g/mol. The topological polar surface area (TPSA) is 44.1 Å². The number of esters is 1. The van der Waals surface area contributed by atoms with Gasteiger partial charge in [0.15, 0.2) is 0 Å². The van der Waals surface area contributed by atoms with Crippen LogP contribution in [0.4, 0.5) is 0 Å². The Kier molecular flexibility index (Phi) is 7.07. The lowest BCUT2D eigenvalue weighted by atomic mass is 10.1. The number of aromatic nitrogens is 2. The van der Waals surface area contributed by atoms with Gasteiger partial charge in [-0.25, -0.2) is 0 Å². The normalized spacial score (nSPS) is 10.8. The van der Waals surface area contributed by atoms with Crippen molar-refractivity contribution in [1.82, 2.24) is 9.78 Å². The molecule has 4 rings (SSSR count). The number of aryl methyl sites for hydroxylation is 3. The van der Waals surface area contributed by atoms with E-state index in [2.05, 4.69) is 43.3 Å². The van der Waals surface area contributed by atoms with Crippen molar-refractivity contribution >= 4 is 17.7 Å². The molecule has 162 valence electrons. The summed E-state index contributed by atoms with van der Waals surface area (Å²) >= 11 is 1.57. The van der Waals surface area contributed by atoms with Crippen LogP contribution in [0.1, 0.15) is 29.7 Å². The van der Waals surface area contributed by atoms with Crippen LogP contribution in [-0.2, 0) is 11.2 Å². The number of hydrogen-bond donors (Lipinski definition) is 0. The SMILES string of the molecule is Cc1ccc(Sc2c(C)nn(-c3ccccc3)c2OC(=O)CCCc2ccccc2)cc1. The van der Waals surface area contributed by atoms with Crippen LogP contribution in [-0.4, -0.2) is 15.7 Å². The summed E-state index contributed by atoms with van der Waals surface area (Å²) in [5.41, 5.74) is 4.11. The molecule has 4 aromatic rings. The highest BCUT2D eigenvalue weighted by Crippen LogP contribution is 2.39. The van der Waals surface area contributed by atoms with Crippen molar-refractivity contribution in [2.45, 2.75) is 42.9 Å². The molecule has 4 nitrogen and oxygen atoms in total. The predicted octanol–water partition coefficient (Wildman–Crippen LogP) is 6.57. The predicted molar refractivity (Wildman–Crippen MR) is 129 cm³/mol. The van der Waals surface area contributed by atoms with Gasteiger partial charge in [-0.2, -0.15) is 9.78 Å². The zero-order valence-electron chi connectivity index (χ0n) is 18.3. The first-order valence-corrected chi connectivity index (χ1v) is 11.6. The summed E-state index contributed by atoms with van der Waals surface area (Å²) in [6, 6.07) is 28.3. The lowest BCUT2D eigenvalue weighted by molar-refractivity contribution is -0.135. The van der Waals surface area contributed by atoms with Crippen molar-refractivity contribution < 1.29 is 9.53 Å². The third-order valence-corrected chi connectivity index (χ3v) is 6.29. The number of carbonyl (C=O) groups excluding carboxylic acids is 1. The maximum absolute atomic E-state index is 12.8. The molecule has 0 saturated carbocycles. The van der Waals surface area contributed by atoms with Crippen molar-refractivity contribution in [2.24, 2.45) is 0 Å². The maximum atomic E-state index is 12.8. The standard InChI is InChI=1S/C27H26N2O2S/c1-20-16-18-24(19-17-20)32-26-21(2)28-29(23-13-7-4-8-14-23)27(26)31-25(30)15-9-12-22-10-5-3-6-11-22/h3-8,10-11,13-14,16-19H,9,12,15H2,1-2H3. The number of benzene rings is 3. The van der Waals surface area contributed by atoms with Gasteiger partial charge in [-0.3, -0.25) is 4.79 Å². The van der Waals surface area contributed by atoms with Crippen LogP contribution in [0.15, 0.2) is 94.7 Å². The summed E-state index contributed by atoms with van der Waals surface area (Å²) in [6.45, 7) is 4.01. The summed E-state index contributed by atoms with van der Waals surface area (Å²) < 4.78 is 7.65. The highest BCUT2D eigenvalue weighted by atomic mass is 32.2. The van der Waals surface area contributed by atoms with Gasteiger partial charge >= 0.3 is 5.97 Å². The zero-order chi connectivity index (χ0) is 22.3. The Bertz CT molecular complexity index is 1170. The van der Waals surface area contributed by atoms with Crippen molar-refractivity contribution in [2.75, 3.05) is 0 Å². The van der Waals surface area contributed by atoms with Crippen molar-refractivity contribution in [3.63, 3.8) is 0 Å². The van der Waals surface area contributed by atoms with Gasteiger partial charge in [-0.05, 0) is 56.5 Å². The molecule has 0 aliphatic rings. The molecule has 0 amide bonds. The van der Waals surface area contributed by atoms with E-state index < -0.39 is 0 Å². The molecule has 0 fully saturated rings. The lowest BCUT2D eigenvalue weighted by Crippen LogP contribution is -2.12. The molecule has 0 N–H and O–H groups in total. The third-order valence-electron chi connectivity index (χ3n) is 5.11. The third kappa shape index (κ3) is 5.48. The molecule has 0 saturated heterocycles. The van der Waals surface area contributed by atoms with E-state index in [1.54, 1.807) is 16.4 Å². The Balaban J connectivity index is 1.56. The van der Waals surface area contributed by atoms with E-state index in [4.69, 9.17) is 9.84 Å². The van der Waals surface area contributed by atoms with Gasteiger partial charge in [0.05, 0.1) is 16.3 Å². The number of rotatable bonds is 8. The first kappa shape index (κ1) is 21.9. The molecule has 1 heterocycles. The minimum atomic E-state index is -0.247. The minimum Gasteiger partial charge on any atom is -0.406 e. The second-order valence-corrected chi connectivity index (χ2v) is 8.78. The Labute approximate surface area is 193 Å². The maximum Gasteiger partial charge on any atom is 0.312 e. The fourth-order valence-corrected chi connectivity index (χ4v) is 4.32. The lowest BCUT2D eigenvalue weighted by Gasteiger charge is -2.10. The second-order valence-electron chi connectivity index (χ2n) is 7.70. The number of carbonyl (C=O) groups is 1. The van der Waals surface area contributed by atoms with Gasteiger partial charge in [-0.1, -0.05) is 78.0 Å². The Hall–Kier alpha value is -3.31. The molecule has 1 aromatic heterocycles. The van der Waals surface area contributed by atoms with Crippen LogP contribution in [0.25, 0.3) is 5.69 Å². The first-order chi connectivity index (χ1) is 15.6. The molecule has 0 aliphatic carbocycles. The first-order valence-electron chi connectivity index (χ1n) is 10.7. The van der Waals surface area contributed by atoms with Crippen LogP contribution < -0.4 is 4.74 Å². The summed E-state index contributed by atoms with van der Waals surface area (Å²) in [5, 5.41) is 4.69. The molecular weight excluding hydrogens is 416 g/mol. The van der Waals surface area contributed by atoms with E-state index in [0.29, 0.717) is 12.3 Å². The smallest absolute Gasteiger partial charge is 0.312 e. The van der Waals surface area contributed by atoms with Crippen LogP contribution in [0, 0.1) is 13.8 Å². The van der Waals surface area contributed by atoms with Gasteiger partial charge in [-0.15, -0.1) is 0 Å². The Morgan fingerprint density at radius 1 is 0.906 bits per heavy atom. The molecule has 0 spiro atoms. The highest BCUT2D eigenvalue weighted by Gasteiger charge is 2.22.